The van der Waals surface area contributed by atoms with E-state index >= 15 is 0 Å². The van der Waals surface area contributed by atoms with Crippen LogP contribution < -0.4 is 0 Å². The molecule has 5 aliphatic rings. The molecule has 6 rings (SSSR count). The van der Waals surface area contributed by atoms with E-state index < -0.39 is 0 Å². The van der Waals surface area contributed by atoms with Crippen molar-refractivity contribution >= 4 is 5.91 Å². The van der Waals surface area contributed by atoms with E-state index in [0.29, 0.717) is 5.54 Å². The predicted molar refractivity (Wildman–Crippen MR) is 99.6 cm³/mol. The molecule has 0 unspecified atom stereocenters. The van der Waals surface area contributed by atoms with Crippen molar-refractivity contribution in [3.8, 4) is 0 Å². The molecule has 4 bridgehead atoms. The summed E-state index contributed by atoms with van der Waals surface area (Å²) in [6.45, 7) is 6.00. The van der Waals surface area contributed by atoms with Crippen LogP contribution in [0.1, 0.15) is 54.4 Å². The van der Waals surface area contributed by atoms with Gasteiger partial charge in [0.15, 0.2) is 0 Å². The van der Waals surface area contributed by atoms with E-state index in [0.717, 1.165) is 55.1 Å². The molecular weight excluding hydrogens is 308 g/mol. The van der Waals surface area contributed by atoms with Gasteiger partial charge in [-0.15, -0.1) is 0 Å². The Kier molecular flexibility index (Phi) is 3.70. The van der Waals surface area contributed by atoms with Crippen molar-refractivity contribution in [2.75, 3.05) is 26.2 Å². The minimum absolute atomic E-state index is 0.217. The number of rotatable bonds is 2. The second-order valence-electron chi connectivity index (χ2n) is 9.29. The highest BCUT2D eigenvalue weighted by Crippen LogP contribution is 2.57. The standard InChI is InChI=1S/C22H30N2O/c1-16-3-2-4-20(9-16)21(25)23-5-7-24(8-6-23)22-13-17-10-18(14-22)12-19(11-17)15-22/h2-4,9,17-19H,5-8,10-15H2,1H3. The number of piperazine rings is 1. The highest BCUT2D eigenvalue weighted by Gasteiger charge is 2.53. The van der Waals surface area contributed by atoms with E-state index in [-0.39, 0.29) is 5.91 Å². The van der Waals surface area contributed by atoms with Gasteiger partial charge in [-0.2, -0.15) is 0 Å². The zero-order valence-electron chi connectivity index (χ0n) is 15.4. The summed E-state index contributed by atoms with van der Waals surface area (Å²) in [5.74, 6) is 3.21. The van der Waals surface area contributed by atoms with Crippen LogP contribution in [-0.4, -0.2) is 47.4 Å². The van der Waals surface area contributed by atoms with Crippen molar-refractivity contribution in [1.82, 2.24) is 9.80 Å². The van der Waals surface area contributed by atoms with Crippen LogP contribution in [0, 0.1) is 24.7 Å². The summed E-state index contributed by atoms with van der Waals surface area (Å²) in [5, 5.41) is 0. The van der Waals surface area contributed by atoms with E-state index in [9.17, 15) is 4.79 Å². The lowest BCUT2D eigenvalue weighted by molar-refractivity contribution is -0.0987. The van der Waals surface area contributed by atoms with E-state index in [2.05, 4.69) is 22.8 Å². The lowest BCUT2D eigenvalue weighted by atomic mass is 9.52. The number of amides is 1. The largest absolute Gasteiger partial charge is 0.336 e. The zero-order chi connectivity index (χ0) is 17.0. The van der Waals surface area contributed by atoms with Crippen molar-refractivity contribution in [2.24, 2.45) is 17.8 Å². The molecule has 3 nitrogen and oxygen atoms in total. The molecule has 5 fully saturated rings. The molecule has 1 heterocycles. The van der Waals surface area contributed by atoms with E-state index in [1.165, 1.54) is 38.5 Å². The first kappa shape index (κ1) is 15.9. The molecule has 0 N–H and O–H groups in total. The average molecular weight is 338 g/mol. The Balaban J connectivity index is 1.27. The van der Waals surface area contributed by atoms with Crippen molar-refractivity contribution in [3.63, 3.8) is 0 Å². The van der Waals surface area contributed by atoms with Gasteiger partial charge in [0.25, 0.3) is 5.91 Å². The molecule has 4 aliphatic carbocycles. The highest BCUT2D eigenvalue weighted by molar-refractivity contribution is 5.94. The van der Waals surface area contributed by atoms with Gasteiger partial charge in [-0.1, -0.05) is 17.7 Å². The molecule has 1 saturated heterocycles. The minimum Gasteiger partial charge on any atom is -0.336 e. The molecule has 4 saturated carbocycles. The van der Waals surface area contributed by atoms with Gasteiger partial charge in [-0.05, 0) is 75.3 Å². The molecule has 1 aromatic rings. The monoisotopic (exact) mass is 338 g/mol. The number of carbonyl (C=O) groups is 1. The molecule has 1 amide bonds. The molecule has 0 atom stereocenters. The quantitative estimate of drug-likeness (QED) is 0.820. The third kappa shape index (κ3) is 2.71. The Bertz CT molecular complexity index is 639. The number of hydrogen-bond donors (Lipinski definition) is 0. The Morgan fingerprint density at radius 1 is 0.960 bits per heavy atom. The summed E-state index contributed by atoms with van der Waals surface area (Å²) >= 11 is 0. The van der Waals surface area contributed by atoms with Gasteiger partial charge in [-0.3, -0.25) is 9.69 Å². The molecule has 0 spiro atoms. The van der Waals surface area contributed by atoms with Crippen LogP contribution in [0.15, 0.2) is 24.3 Å². The summed E-state index contributed by atoms with van der Waals surface area (Å²) in [5.41, 5.74) is 2.51. The summed E-state index contributed by atoms with van der Waals surface area (Å²) < 4.78 is 0. The van der Waals surface area contributed by atoms with Crippen molar-refractivity contribution in [2.45, 2.75) is 51.0 Å². The van der Waals surface area contributed by atoms with Gasteiger partial charge in [0.1, 0.15) is 0 Å². The van der Waals surface area contributed by atoms with Gasteiger partial charge in [0, 0.05) is 37.3 Å². The van der Waals surface area contributed by atoms with E-state index in [4.69, 9.17) is 0 Å². The van der Waals surface area contributed by atoms with Gasteiger partial charge in [0.05, 0.1) is 0 Å². The van der Waals surface area contributed by atoms with E-state index in [1.54, 1.807) is 0 Å². The second kappa shape index (κ2) is 5.84. The Labute approximate surface area is 151 Å². The maximum atomic E-state index is 12.8. The fourth-order valence-electron chi connectivity index (χ4n) is 6.80. The molecule has 0 aromatic heterocycles. The van der Waals surface area contributed by atoms with Crippen LogP contribution in [0.5, 0.6) is 0 Å². The number of carbonyl (C=O) groups excluding carboxylic acids is 1. The number of benzene rings is 1. The van der Waals surface area contributed by atoms with Crippen molar-refractivity contribution in [1.29, 1.82) is 0 Å². The van der Waals surface area contributed by atoms with Crippen LogP contribution >= 0.6 is 0 Å². The summed E-state index contributed by atoms with van der Waals surface area (Å²) in [4.78, 5) is 17.7. The van der Waals surface area contributed by atoms with Crippen LogP contribution in [-0.2, 0) is 0 Å². The maximum absolute atomic E-state index is 12.8. The smallest absolute Gasteiger partial charge is 0.253 e. The normalized spacial score (nSPS) is 37.5. The summed E-state index contributed by atoms with van der Waals surface area (Å²) in [7, 11) is 0. The Morgan fingerprint density at radius 2 is 1.56 bits per heavy atom. The topological polar surface area (TPSA) is 23.6 Å². The molecule has 1 aromatic carbocycles. The Morgan fingerprint density at radius 3 is 2.12 bits per heavy atom. The third-order valence-electron chi connectivity index (χ3n) is 7.51. The Hall–Kier alpha value is -1.35. The maximum Gasteiger partial charge on any atom is 0.253 e. The summed E-state index contributed by atoms with van der Waals surface area (Å²) in [6, 6.07) is 8.03. The first-order valence-electron chi connectivity index (χ1n) is 10.2. The second-order valence-corrected chi connectivity index (χ2v) is 9.29. The molecule has 1 aliphatic heterocycles. The summed E-state index contributed by atoms with van der Waals surface area (Å²) in [6.07, 6.45) is 8.82. The van der Waals surface area contributed by atoms with Crippen LogP contribution in [0.4, 0.5) is 0 Å². The molecule has 134 valence electrons. The first-order chi connectivity index (χ1) is 12.1. The minimum atomic E-state index is 0.217. The fraction of sp³-hybridized carbons (Fsp3) is 0.682. The van der Waals surface area contributed by atoms with Gasteiger partial charge < -0.3 is 4.90 Å². The predicted octanol–water partition coefficient (Wildman–Crippen LogP) is 3.72. The number of nitrogens with zero attached hydrogens (tertiary/aromatic N) is 2. The number of aryl methyl sites for hydroxylation is 1. The van der Waals surface area contributed by atoms with E-state index in [1.807, 2.05) is 18.2 Å². The lowest BCUT2D eigenvalue weighted by Gasteiger charge is -2.61. The van der Waals surface area contributed by atoms with Crippen molar-refractivity contribution < 1.29 is 4.79 Å². The van der Waals surface area contributed by atoms with Gasteiger partial charge in [0.2, 0.25) is 0 Å². The highest BCUT2D eigenvalue weighted by atomic mass is 16.2. The number of hydrogen-bond acceptors (Lipinski definition) is 2. The van der Waals surface area contributed by atoms with Crippen molar-refractivity contribution in [3.05, 3.63) is 35.4 Å². The SMILES string of the molecule is Cc1cccc(C(=O)N2CCN(C34CC5CC(CC(C5)C3)C4)CC2)c1. The zero-order valence-corrected chi connectivity index (χ0v) is 15.4. The van der Waals surface area contributed by atoms with Gasteiger partial charge >= 0.3 is 0 Å². The van der Waals surface area contributed by atoms with Crippen LogP contribution in [0.25, 0.3) is 0 Å². The molecule has 0 radical (unpaired) electrons. The van der Waals surface area contributed by atoms with Crippen LogP contribution in [0.3, 0.4) is 0 Å². The molecule has 3 heteroatoms. The van der Waals surface area contributed by atoms with Gasteiger partial charge in [-0.25, -0.2) is 0 Å². The first-order valence-corrected chi connectivity index (χ1v) is 10.2. The third-order valence-corrected chi connectivity index (χ3v) is 7.51. The van der Waals surface area contributed by atoms with Crippen LogP contribution in [0.2, 0.25) is 0 Å². The lowest BCUT2D eigenvalue weighted by Crippen LogP contribution is -2.64. The fourth-order valence-corrected chi connectivity index (χ4v) is 6.80. The average Bonchev–Trinajstić information content (AvgIpc) is 2.60. The molecular formula is C22H30N2O. The molecule has 25 heavy (non-hydrogen) atoms.